The van der Waals surface area contributed by atoms with Gasteiger partial charge in [-0.3, -0.25) is 4.79 Å². The van der Waals surface area contributed by atoms with Gasteiger partial charge in [-0.15, -0.1) is 0 Å². The highest BCUT2D eigenvalue weighted by molar-refractivity contribution is 7.89. The molecule has 4 rings (SSSR count). The van der Waals surface area contributed by atoms with E-state index < -0.39 is 10.0 Å². The first-order valence-corrected chi connectivity index (χ1v) is 12.7. The molecule has 2 heterocycles. The van der Waals surface area contributed by atoms with Crippen LogP contribution in [0.25, 0.3) is 0 Å². The van der Waals surface area contributed by atoms with Gasteiger partial charge in [-0.05, 0) is 44.0 Å². The molecular formula is C24H31N3O5S. The summed E-state index contributed by atoms with van der Waals surface area (Å²) in [7, 11) is -0.689. The van der Waals surface area contributed by atoms with Crippen LogP contribution in [0.15, 0.2) is 41.3 Å². The molecule has 0 N–H and O–H groups in total. The Bertz CT molecular complexity index is 1130. The van der Waals surface area contributed by atoms with Crippen molar-refractivity contribution in [2.24, 2.45) is 0 Å². The molecule has 8 nitrogen and oxygen atoms in total. The van der Waals surface area contributed by atoms with Crippen LogP contribution < -0.4 is 14.4 Å². The normalized spacial score (nSPS) is 15.7. The summed E-state index contributed by atoms with van der Waals surface area (Å²) >= 11 is 0. The second-order valence-electron chi connectivity index (χ2n) is 8.42. The number of carbonyl (C=O) groups excluding carboxylic acids is 1. The van der Waals surface area contributed by atoms with Gasteiger partial charge in [0, 0.05) is 51.5 Å². The summed E-state index contributed by atoms with van der Waals surface area (Å²) in [6, 6.07) is 10.6. The number of benzene rings is 2. The minimum absolute atomic E-state index is 0.115. The van der Waals surface area contributed by atoms with Gasteiger partial charge in [0.25, 0.3) is 5.91 Å². The minimum Gasteiger partial charge on any atom is -0.486 e. The van der Waals surface area contributed by atoms with E-state index in [9.17, 15) is 13.2 Å². The van der Waals surface area contributed by atoms with Gasteiger partial charge >= 0.3 is 0 Å². The molecule has 2 aromatic rings. The summed E-state index contributed by atoms with van der Waals surface area (Å²) in [6.45, 7) is 5.39. The van der Waals surface area contributed by atoms with Gasteiger partial charge in [-0.25, -0.2) is 12.7 Å². The summed E-state index contributed by atoms with van der Waals surface area (Å²) in [6.07, 6.45) is 2.10. The van der Waals surface area contributed by atoms with Crippen LogP contribution in [-0.2, 0) is 16.6 Å². The molecule has 2 aromatic carbocycles. The van der Waals surface area contributed by atoms with Gasteiger partial charge in [0.1, 0.15) is 13.2 Å². The first-order valence-electron chi connectivity index (χ1n) is 11.3. The van der Waals surface area contributed by atoms with E-state index >= 15 is 0 Å². The van der Waals surface area contributed by atoms with Crippen molar-refractivity contribution in [1.82, 2.24) is 9.21 Å². The molecule has 9 heteroatoms. The Morgan fingerprint density at radius 1 is 1.06 bits per heavy atom. The second kappa shape index (κ2) is 9.61. The summed E-state index contributed by atoms with van der Waals surface area (Å²) in [4.78, 5) is 17.8. The maximum absolute atomic E-state index is 13.8. The molecule has 2 aliphatic heterocycles. The van der Waals surface area contributed by atoms with Gasteiger partial charge in [0.15, 0.2) is 11.5 Å². The lowest BCUT2D eigenvalue weighted by molar-refractivity contribution is 0.0749. The fourth-order valence-electron chi connectivity index (χ4n) is 4.25. The second-order valence-corrected chi connectivity index (χ2v) is 10.6. The predicted octanol–water partition coefficient (Wildman–Crippen LogP) is 2.97. The van der Waals surface area contributed by atoms with Crippen molar-refractivity contribution >= 4 is 21.6 Å². The van der Waals surface area contributed by atoms with Crippen LogP contribution in [0.2, 0.25) is 0 Å². The highest BCUT2D eigenvalue weighted by Gasteiger charge is 2.27. The molecule has 0 radical (unpaired) electrons. The molecule has 0 saturated carbocycles. The Hall–Kier alpha value is -2.78. The highest BCUT2D eigenvalue weighted by Crippen LogP contribution is 2.35. The largest absolute Gasteiger partial charge is 0.486 e. The topological polar surface area (TPSA) is 79.4 Å². The Balaban J connectivity index is 1.71. The van der Waals surface area contributed by atoms with Gasteiger partial charge in [-0.1, -0.05) is 12.1 Å². The average Bonchev–Trinajstić information content (AvgIpc) is 3.36. The summed E-state index contributed by atoms with van der Waals surface area (Å²) in [5, 5.41) is 0. The van der Waals surface area contributed by atoms with Crippen molar-refractivity contribution in [2.45, 2.75) is 31.2 Å². The number of fused-ring (bicyclic) bond motifs is 1. The van der Waals surface area contributed by atoms with E-state index in [0.717, 1.165) is 41.5 Å². The van der Waals surface area contributed by atoms with Gasteiger partial charge in [-0.2, -0.15) is 0 Å². The highest BCUT2D eigenvalue weighted by atomic mass is 32.2. The standard InChI is InChI=1S/C24H31N3O5S/c1-4-26(17-18-8-7-9-22-23(18)32-15-14-31-22)24(28)20-16-19(33(29,30)25(2)3)10-11-21(20)27-12-5-6-13-27/h7-11,16H,4-6,12-15,17H2,1-3H3. The van der Waals surface area contributed by atoms with Crippen LogP contribution in [0.3, 0.4) is 0 Å². The van der Waals surface area contributed by atoms with Crippen LogP contribution >= 0.6 is 0 Å². The van der Waals surface area contributed by atoms with E-state index in [1.54, 1.807) is 17.0 Å². The third kappa shape index (κ3) is 4.65. The molecule has 0 aliphatic carbocycles. The number of sulfonamides is 1. The fourth-order valence-corrected chi connectivity index (χ4v) is 5.18. The Morgan fingerprint density at radius 3 is 2.48 bits per heavy atom. The third-order valence-electron chi connectivity index (χ3n) is 6.10. The average molecular weight is 474 g/mol. The van der Waals surface area contributed by atoms with Crippen LogP contribution in [0.5, 0.6) is 11.5 Å². The van der Waals surface area contributed by atoms with Crippen molar-refractivity contribution in [3.05, 3.63) is 47.5 Å². The van der Waals surface area contributed by atoms with Crippen LogP contribution in [0.1, 0.15) is 35.7 Å². The molecule has 178 valence electrons. The number of amides is 1. The molecule has 1 amide bonds. The molecule has 1 saturated heterocycles. The molecule has 0 atom stereocenters. The quantitative estimate of drug-likeness (QED) is 0.615. The van der Waals surface area contributed by atoms with Crippen LogP contribution in [0.4, 0.5) is 5.69 Å². The number of ether oxygens (including phenoxy) is 2. The number of anilines is 1. The van der Waals surface area contributed by atoms with E-state index in [1.807, 2.05) is 25.1 Å². The molecule has 33 heavy (non-hydrogen) atoms. The maximum atomic E-state index is 13.8. The van der Waals surface area contributed by atoms with Crippen molar-refractivity contribution in [1.29, 1.82) is 0 Å². The van der Waals surface area contributed by atoms with E-state index in [1.165, 1.54) is 20.2 Å². The lowest BCUT2D eigenvalue weighted by Crippen LogP contribution is -2.33. The Morgan fingerprint density at radius 2 is 1.79 bits per heavy atom. The zero-order valence-corrected chi connectivity index (χ0v) is 20.2. The molecule has 0 spiro atoms. The van der Waals surface area contributed by atoms with Gasteiger partial charge in [0.2, 0.25) is 10.0 Å². The van der Waals surface area contributed by atoms with E-state index in [2.05, 4.69) is 4.90 Å². The lowest BCUT2D eigenvalue weighted by Gasteiger charge is -2.28. The SMILES string of the molecule is CCN(Cc1cccc2c1OCCO2)C(=O)c1cc(S(=O)(=O)N(C)C)ccc1N1CCCC1. The summed E-state index contributed by atoms with van der Waals surface area (Å²) in [5.41, 5.74) is 2.05. The molecule has 2 aliphatic rings. The van der Waals surface area contributed by atoms with Crippen molar-refractivity contribution < 1.29 is 22.7 Å². The zero-order valence-electron chi connectivity index (χ0n) is 19.4. The number of hydrogen-bond donors (Lipinski definition) is 0. The predicted molar refractivity (Wildman–Crippen MR) is 127 cm³/mol. The Kier molecular flexibility index (Phi) is 6.81. The Labute approximate surface area is 195 Å². The van der Waals surface area contributed by atoms with Gasteiger partial charge < -0.3 is 19.3 Å². The number of nitrogens with zero attached hydrogens (tertiary/aromatic N) is 3. The molecular weight excluding hydrogens is 442 g/mol. The lowest BCUT2D eigenvalue weighted by atomic mass is 10.1. The van der Waals surface area contributed by atoms with E-state index in [-0.39, 0.29) is 10.8 Å². The monoisotopic (exact) mass is 473 g/mol. The van der Waals surface area contributed by atoms with Gasteiger partial charge in [0.05, 0.1) is 10.5 Å². The van der Waals surface area contributed by atoms with Crippen molar-refractivity contribution in [3.63, 3.8) is 0 Å². The number of carbonyl (C=O) groups is 1. The van der Waals surface area contributed by atoms with Crippen molar-refractivity contribution in [2.75, 3.05) is 51.8 Å². The van der Waals surface area contributed by atoms with Crippen LogP contribution in [-0.4, -0.2) is 70.5 Å². The maximum Gasteiger partial charge on any atom is 0.256 e. The molecule has 0 unspecified atom stereocenters. The fraction of sp³-hybridized carbons (Fsp3) is 0.458. The molecule has 0 aromatic heterocycles. The molecule has 0 bridgehead atoms. The first kappa shape index (κ1) is 23.4. The minimum atomic E-state index is -3.67. The van der Waals surface area contributed by atoms with Crippen LogP contribution in [0, 0.1) is 0 Å². The van der Waals surface area contributed by atoms with Crippen molar-refractivity contribution in [3.8, 4) is 11.5 Å². The van der Waals surface area contributed by atoms with E-state index in [4.69, 9.17) is 9.47 Å². The third-order valence-corrected chi connectivity index (χ3v) is 7.91. The zero-order chi connectivity index (χ0) is 23.6. The number of rotatable bonds is 7. The smallest absolute Gasteiger partial charge is 0.256 e. The number of para-hydroxylation sites is 1. The number of hydrogen-bond acceptors (Lipinski definition) is 6. The summed E-state index contributed by atoms with van der Waals surface area (Å²) < 4.78 is 38.2. The molecule has 1 fully saturated rings. The summed E-state index contributed by atoms with van der Waals surface area (Å²) in [5.74, 6) is 1.14. The first-order chi connectivity index (χ1) is 15.8. The van der Waals surface area contributed by atoms with E-state index in [0.29, 0.717) is 43.4 Å².